The maximum Gasteiger partial charge on any atom is 0.0558 e. The van der Waals surface area contributed by atoms with Gasteiger partial charge in [0.05, 0.1) is 6.10 Å². The topological polar surface area (TPSA) is 23.5 Å². The number of hydrogen-bond donors (Lipinski definition) is 1. The van der Waals surface area contributed by atoms with Crippen LogP contribution in [0.1, 0.15) is 40.5 Å². The smallest absolute Gasteiger partial charge is 0.0558 e. The number of hydrogen-bond acceptors (Lipinski definition) is 2. The molecule has 0 aromatic heterocycles. The lowest BCUT2D eigenvalue weighted by Gasteiger charge is -2.32. The zero-order valence-corrected chi connectivity index (χ0v) is 9.38. The minimum Gasteiger partial charge on any atom is -0.393 e. The molecule has 1 N–H and O–H groups in total. The van der Waals surface area contributed by atoms with Crippen LogP contribution in [0.5, 0.6) is 0 Å². The third-order valence-electron chi connectivity index (χ3n) is 2.90. The summed E-state index contributed by atoms with van der Waals surface area (Å²) in [6, 6.07) is 0.601. The summed E-state index contributed by atoms with van der Waals surface area (Å²) in [5, 5.41) is 9.70. The summed E-state index contributed by atoms with van der Waals surface area (Å²) < 4.78 is 0. The highest BCUT2D eigenvalue weighted by atomic mass is 16.3. The molecule has 2 heteroatoms. The molecule has 0 aromatic carbocycles. The first kappa shape index (κ1) is 11.0. The van der Waals surface area contributed by atoms with Crippen LogP contribution in [0.25, 0.3) is 0 Å². The van der Waals surface area contributed by atoms with Crippen molar-refractivity contribution in [1.82, 2.24) is 4.90 Å². The van der Waals surface area contributed by atoms with Crippen molar-refractivity contribution in [3.63, 3.8) is 0 Å². The summed E-state index contributed by atoms with van der Waals surface area (Å²) in [6.07, 6.45) is 1.77. The third-order valence-corrected chi connectivity index (χ3v) is 2.90. The lowest BCUT2D eigenvalue weighted by atomic mass is 9.87. The Labute approximate surface area is 81.9 Å². The second-order valence-electron chi connectivity index (χ2n) is 5.38. The fourth-order valence-electron chi connectivity index (χ4n) is 2.19. The predicted molar refractivity (Wildman–Crippen MR) is 55.7 cm³/mol. The summed E-state index contributed by atoms with van der Waals surface area (Å²) in [6.45, 7) is 11.1. The van der Waals surface area contributed by atoms with Crippen LogP contribution in [-0.2, 0) is 0 Å². The first-order chi connectivity index (χ1) is 5.91. The van der Waals surface area contributed by atoms with Crippen molar-refractivity contribution in [2.24, 2.45) is 5.41 Å². The van der Waals surface area contributed by atoms with Gasteiger partial charge in [0.25, 0.3) is 0 Å². The molecule has 1 fully saturated rings. The molecule has 2 nitrogen and oxygen atoms in total. The number of nitrogens with zero attached hydrogens (tertiary/aromatic N) is 1. The van der Waals surface area contributed by atoms with Gasteiger partial charge < -0.3 is 10.0 Å². The summed E-state index contributed by atoms with van der Waals surface area (Å²) >= 11 is 0. The van der Waals surface area contributed by atoms with Crippen molar-refractivity contribution in [2.45, 2.75) is 52.7 Å². The van der Waals surface area contributed by atoms with Gasteiger partial charge in [-0.05, 0) is 32.1 Å². The molecule has 0 amide bonds. The van der Waals surface area contributed by atoms with Crippen LogP contribution in [0.2, 0.25) is 0 Å². The summed E-state index contributed by atoms with van der Waals surface area (Å²) in [4.78, 5) is 2.47. The Bertz CT molecular complexity index is 165. The van der Waals surface area contributed by atoms with E-state index in [2.05, 4.69) is 32.6 Å². The zero-order valence-electron chi connectivity index (χ0n) is 9.38. The maximum absolute atomic E-state index is 9.70. The Morgan fingerprint density at radius 3 is 2.54 bits per heavy atom. The molecule has 1 unspecified atom stereocenters. The van der Waals surface area contributed by atoms with E-state index in [1.54, 1.807) is 0 Å². The Kier molecular flexibility index (Phi) is 3.36. The van der Waals surface area contributed by atoms with E-state index >= 15 is 0 Å². The highest BCUT2D eigenvalue weighted by molar-refractivity contribution is 4.83. The molecule has 78 valence electrons. The van der Waals surface area contributed by atoms with E-state index < -0.39 is 0 Å². The Balaban J connectivity index is 2.62. The van der Waals surface area contributed by atoms with Gasteiger partial charge in [0, 0.05) is 19.1 Å². The standard InChI is InChI=1S/C11H23NO/c1-9(2)12-6-5-10(13)7-11(3,4)8-12/h9-10,13H,5-8H2,1-4H3. The van der Waals surface area contributed by atoms with E-state index in [0.717, 1.165) is 25.9 Å². The van der Waals surface area contributed by atoms with Crippen LogP contribution >= 0.6 is 0 Å². The lowest BCUT2D eigenvalue weighted by molar-refractivity contribution is 0.119. The van der Waals surface area contributed by atoms with Crippen LogP contribution in [0.3, 0.4) is 0 Å². The van der Waals surface area contributed by atoms with Crippen LogP contribution < -0.4 is 0 Å². The molecule has 13 heavy (non-hydrogen) atoms. The normalized spacial score (nSPS) is 30.5. The summed E-state index contributed by atoms with van der Waals surface area (Å²) in [5.74, 6) is 0. The van der Waals surface area contributed by atoms with Gasteiger partial charge in [-0.1, -0.05) is 13.8 Å². The van der Waals surface area contributed by atoms with Crippen molar-refractivity contribution in [3.05, 3.63) is 0 Å². The van der Waals surface area contributed by atoms with E-state index in [9.17, 15) is 5.11 Å². The second kappa shape index (κ2) is 3.97. The molecule has 1 aliphatic rings. The number of aliphatic hydroxyl groups is 1. The van der Waals surface area contributed by atoms with Gasteiger partial charge in [-0.2, -0.15) is 0 Å². The van der Waals surface area contributed by atoms with Crippen molar-refractivity contribution in [1.29, 1.82) is 0 Å². The van der Waals surface area contributed by atoms with Gasteiger partial charge in [-0.15, -0.1) is 0 Å². The molecule has 0 spiro atoms. The Hall–Kier alpha value is -0.0800. The van der Waals surface area contributed by atoms with Gasteiger partial charge in [0.15, 0.2) is 0 Å². The Morgan fingerprint density at radius 2 is 2.00 bits per heavy atom. The molecule has 0 aromatic rings. The molecule has 1 aliphatic heterocycles. The van der Waals surface area contributed by atoms with Gasteiger partial charge in [0.1, 0.15) is 0 Å². The van der Waals surface area contributed by atoms with Crippen molar-refractivity contribution < 1.29 is 5.11 Å². The molecule has 0 aliphatic carbocycles. The van der Waals surface area contributed by atoms with E-state index in [-0.39, 0.29) is 11.5 Å². The molecule has 0 bridgehead atoms. The second-order valence-corrected chi connectivity index (χ2v) is 5.38. The van der Waals surface area contributed by atoms with Crippen molar-refractivity contribution in [2.75, 3.05) is 13.1 Å². The number of rotatable bonds is 1. The van der Waals surface area contributed by atoms with Crippen molar-refractivity contribution in [3.8, 4) is 0 Å². The SMILES string of the molecule is CC(C)N1CCC(O)CC(C)(C)C1. The monoisotopic (exact) mass is 185 g/mol. The largest absolute Gasteiger partial charge is 0.393 e. The van der Waals surface area contributed by atoms with Gasteiger partial charge >= 0.3 is 0 Å². The number of likely N-dealkylation sites (tertiary alicyclic amines) is 1. The average molecular weight is 185 g/mol. The summed E-state index contributed by atoms with van der Waals surface area (Å²) in [7, 11) is 0. The fraction of sp³-hybridized carbons (Fsp3) is 1.00. The lowest BCUT2D eigenvalue weighted by Crippen LogP contribution is -2.37. The summed E-state index contributed by atoms with van der Waals surface area (Å²) in [5.41, 5.74) is 0.264. The van der Waals surface area contributed by atoms with Gasteiger partial charge in [-0.3, -0.25) is 0 Å². The van der Waals surface area contributed by atoms with Crippen LogP contribution in [-0.4, -0.2) is 35.2 Å². The molecule has 1 atom stereocenters. The van der Waals surface area contributed by atoms with Crippen LogP contribution in [0, 0.1) is 5.41 Å². The molecular formula is C11H23NO. The van der Waals surface area contributed by atoms with Gasteiger partial charge in [-0.25, -0.2) is 0 Å². The molecule has 0 saturated carbocycles. The first-order valence-corrected chi connectivity index (χ1v) is 5.33. The van der Waals surface area contributed by atoms with E-state index in [1.165, 1.54) is 0 Å². The quantitative estimate of drug-likeness (QED) is 0.674. The van der Waals surface area contributed by atoms with Crippen LogP contribution in [0.4, 0.5) is 0 Å². The van der Waals surface area contributed by atoms with E-state index in [4.69, 9.17) is 0 Å². The molecule has 0 radical (unpaired) electrons. The molecular weight excluding hydrogens is 162 g/mol. The van der Waals surface area contributed by atoms with Crippen LogP contribution in [0.15, 0.2) is 0 Å². The van der Waals surface area contributed by atoms with E-state index in [1.807, 2.05) is 0 Å². The zero-order chi connectivity index (χ0) is 10.1. The maximum atomic E-state index is 9.70. The molecule has 1 saturated heterocycles. The third kappa shape index (κ3) is 3.28. The molecule has 1 rings (SSSR count). The van der Waals surface area contributed by atoms with Crippen molar-refractivity contribution >= 4 is 0 Å². The number of aliphatic hydroxyl groups excluding tert-OH is 1. The highest BCUT2D eigenvalue weighted by Gasteiger charge is 2.29. The minimum absolute atomic E-state index is 0.0984. The average Bonchev–Trinajstić information content (AvgIpc) is 2.07. The van der Waals surface area contributed by atoms with E-state index in [0.29, 0.717) is 6.04 Å². The Morgan fingerprint density at radius 1 is 1.38 bits per heavy atom. The first-order valence-electron chi connectivity index (χ1n) is 5.33. The minimum atomic E-state index is -0.0984. The fourth-order valence-corrected chi connectivity index (χ4v) is 2.19. The van der Waals surface area contributed by atoms with Gasteiger partial charge in [0.2, 0.25) is 0 Å². The molecule has 1 heterocycles. The predicted octanol–water partition coefficient (Wildman–Crippen LogP) is 1.88. The highest BCUT2D eigenvalue weighted by Crippen LogP contribution is 2.28.